The van der Waals surface area contributed by atoms with Gasteiger partial charge in [-0.05, 0) is 45.7 Å². The van der Waals surface area contributed by atoms with Gasteiger partial charge >= 0.3 is 6.09 Å². The number of carbonyl (C=O) groups excluding carboxylic acids is 1. The predicted octanol–water partition coefficient (Wildman–Crippen LogP) is 4.81. The predicted molar refractivity (Wildman–Crippen MR) is 91.3 cm³/mol. The fourth-order valence-corrected chi connectivity index (χ4v) is 2.18. The molecule has 0 bridgehead atoms. The van der Waals surface area contributed by atoms with Crippen molar-refractivity contribution < 1.29 is 9.53 Å². The topological polar surface area (TPSA) is 63.2 Å². The Labute approximate surface area is 133 Å². The van der Waals surface area contributed by atoms with Crippen LogP contribution >= 0.6 is 0 Å². The smallest absolute Gasteiger partial charge is 0.413 e. The SMILES string of the molecule is CCCC(CCC)Nc1ccc(NC(=O)OC(C)(C)C)nc1. The van der Waals surface area contributed by atoms with Gasteiger partial charge in [-0.2, -0.15) is 0 Å². The number of anilines is 2. The largest absolute Gasteiger partial charge is 0.444 e. The number of aromatic nitrogens is 1. The highest BCUT2D eigenvalue weighted by atomic mass is 16.6. The van der Waals surface area contributed by atoms with Crippen LogP contribution in [0.1, 0.15) is 60.3 Å². The number of rotatable bonds is 7. The summed E-state index contributed by atoms with van der Waals surface area (Å²) in [6.45, 7) is 9.87. The van der Waals surface area contributed by atoms with E-state index in [2.05, 4.69) is 29.5 Å². The van der Waals surface area contributed by atoms with Gasteiger partial charge in [0, 0.05) is 6.04 Å². The lowest BCUT2D eigenvalue weighted by molar-refractivity contribution is 0.0635. The van der Waals surface area contributed by atoms with Gasteiger partial charge in [0.15, 0.2) is 0 Å². The monoisotopic (exact) mass is 307 g/mol. The van der Waals surface area contributed by atoms with Gasteiger partial charge < -0.3 is 10.1 Å². The number of pyridine rings is 1. The lowest BCUT2D eigenvalue weighted by Gasteiger charge is -2.20. The van der Waals surface area contributed by atoms with Gasteiger partial charge in [-0.1, -0.05) is 26.7 Å². The Morgan fingerprint density at radius 2 is 1.86 bits per heavy atom. The molecule has 5 nitrogen and oxygen atoms in total. The summed E-state index contributed by atoms with van der Waals surface area (Å²) in [5.41, 5.74) is 0.459. The van der Waals surface area contributed by atoms with Crippen molar-refractivity contribution >= 4 is 17.6 Å². The molecular weight excluding hydrogens is 278 g/mol. The Balaban J connectivity index is 2.57. The zero-order valence-electron chi connectivity index (χ0n) is 14.4. The van der Waals surface area contributed by atoms with Gasteiger partial charge in [0.1, 0.15) is 11.4 Å². The molecule has 5 heteroatoms. The van der Waals surface area contributed by atoms with Crippen LogP contribution in [0.15, 0.2) is 18.3 Å². The molecule has 0 fully saturated rings. The summed E-state index contributed by atoms with van der Waals surface area (Å²) >= 11 is 0. The molecule has 1 aromatic rings. The van der Waals surface area contributed by atoms with Gasteiger partial charge in [-0.15, -0.1) is 0 Å². The molecule has 1 heterocycles. The molecule has 0 aliphatic carbocycles. The lowest BCUT2D eigenvalue weighted by atomic mass is 10.1. The number of hydrogen-bond donors (Lipinski definition) is 2. The molecule has 22 heavy (non-hydrogen) atoms. The van der Waals surface area contributed by atoms with Crippen LogP contribution < -0.4 is 10.6 Å². The molecular formula is C17H29N3O2. The first-order chi connectivity index (χ1) is 10.3. The van der Waals surface area contributed by atoms with Crippen LogP contribution in [0.5, 0.6) is 0 Å². The normalized spacial score (nSPS) is 11.4. The molecule has 0 radical (unpaired) electrons. The van der Waals surface area contributed by atoms with Gasteiger partial charge in [0.25, 0.3) is 0 Å². The Morgan fingerprint density at radius 1 is 1.23 bits per heavy atom. The van der Waals surface area contributed by atoms with Crippen molar-refractivity contribution in [2.45, 2.75) is 71.9 Å². The summed E-state index contributed by atoms with van der Waals surface area (Å²) in [4.78, 5) is 15.9. The molecule has 124 valence electrons. The van der Waals surface area contributed by atoms with Crippen LogP contribution in [0.3, 0.4) is 0 Å². The van der Waals surface area contributed by atoms with E-state index in [4.69, 9.17) is 4.74 Å². The second-order valence-corrected chi connectivity index (χ2v) is 6.48. The van der Waals surface area contributed by atoms with Gasteiger partial charge in [0.05, 0.1) is 11.9 Å². The Bertz CT molecular complexity index is 446. The zero-order chi connectivity index (χ0) is 16.6. The van der Waals surface area contributed by atoms with E-state index in [1.165, 1.54) is 0 Å². The summed E-state index contributed by atoms with van der Waals surface area (Å²) in [5.74, 6) is 0.488. The first kappa shape index (κ1) is 18.3. The lowest BCUT2D eigenvalue weighted by Crippen LogP contribution is -2.27. The summed E-state index contributed by atoms with van der Waals surface area (Å²) in [6, 6.07) is 4.18. The first-order valence-electron chi connectivity index (χ1n) is 8.06. The van der Waals surface area contributed by atoms with Crippen LogP contribution in [0.2, 0.25) is 0 Å². The molecule has 0 saturated carbocycles. The number of carbonyl (C=O) groups is 1. The zero-order valence-corrected chi connectivity index (χ0v) is 14.4. The Kier molecular flexibility index (Phi) is 7.15. The van der Waals surface area contributed by atoms with Crippen molar-refractivity contribution in [2.24, 2.45) is 0 Å². The molecule has 0 saturated heterocycles. The van der Waals surface area contributed by atoms with Crippen molar-refractivity contribution in [3.05, 3.63) is 18.3 Å². The van der Waals surface area contributed by atoms with E-state index in [9.17, 15) is 4.79 Å². The maximum absolute atomic E-state index is 11.7. The highest BCUT2D eigenvalue weighted by molar-refractivity contribution is 5.83. The molecule has 0 unspecified atom stereocenters. The Morgan fingerprint density at radius 3 is 2.32 bits per heavy atom. The summed E-state index contributed by atoms with van der Waals surface area (Å²) in [7, 11) is 0. The minimum absolute atomic E-state index is 0.474. The molecule has 2 N–H and O–H groups in total. The summed E-state index contributed by atoms with van der Waals surface area (Å²) < 4.78 is 5.19. The molecule has 0 atom stereocenters. The number of ether oxygens (including phenoxy) is 1. The van der Waals surface area contributed by atoms with E-state index >= 15 is 0 Å². The summed E-state index contributed by atoms with van der Waals surface area (Å²) in [6.07, 6.45) is 5.85. The highest BCUT2D eigenvalue weighted by Gasteiger charge is 2.16. The van der Waals surface area contributed by atoms with E-state index in [-0.39, 0.29) is 0 Å². The van der Waals surface area contributed by atoms with Crippen LogP contribution in [0.4, 0.5) is 16.3 Å². The quantitative estimate of drug-likeness (QED) is 0.759. The minimum atomic E-state index is -0.515. The van der Waals surface area contributed by atoms with Crippen molar-refractivity contribution in [3.8, 4) is 0 Å². The highest BCUT2D eigenvalue weighted by Crippen LogP contribution is 2.16. The molecule has 0 aromatic carbocycles. The average molecular weight is 307 g/mol. The van der Waals surface area contributed by atoms with E-state index in [0.29, 0.717) is 11.9 Å². The molecule has 1 aromatic heterocycles. The summed E-state index contributed by atoms with van der Waals surface area (Å²) in [5, 5.41) is 6.12. The third-order valence-electron chi connectivity index (χ3n) is 3.04. The first-order valence-corrected chi connectivity index (χ1v) is 8.06. The van der Waals surface area contributed by atoms with Gasteiger partial charge in [-0.3, -0.25) is 5.32 Å². The van der Waals surface area contributed by atoms with E-state index in [1.54, 1.807) is 12.3 Å². The number of nitrogens with one attached hydrogen (secondary N) is 2. The minimum Gasteiger partial charge on any atom is -0.444 e. The number of hydrogen-bond acceptors (Lipinski definition) is 4. The molecule has 1 rings (SSSR count). The second kappa shape index (κ2) is 8.61. The van der Waals surface area contributed by atoms with E-state index in [0.717, 1.165) is 31.4 Å². The average Bonchev–Trinajstić information content (AvgIpc) is 2.39. The van der Waals surface area contributed by atoms with Gasteiger partial charge in [0.2, 0.25) is 0 Å². The fraction of sp³-hybridized carbons (Fsp3) is 0.647. The maximum atomic E-state index is 11.7. The van der Waals surface area contributed by atoms with Crippen LogP contribution in [0.25, 0.3) is 0 Å². The van der Waals surface area contributed by atoms with Gasteiger partial charge in [-0.25, -0.2) is 9.78 Å². The molecule has 0 aliphatic rings. The van der Waals surface area contributed by atoms with Crippen molar-refractivity contribution in [1.82, 2.24) is 4.98 Å². The third kappa shape index (κ3) is 7.29. The van der Waals surface area contributed by atoms with Crippen molar-refractivity contribution in [3.63, 3.8) is 0 Å². The number of nitrogens with zero attached hydrogens (tertiary/aromatic N) is 1. The molecule has 0 aliphatic heterocycles. The fourth-order valence-electron chi connectivity index (χ4n) is 2.18. The maximum Gasteiger partial charge on any atom is 0.413 e. The Hall–Kier alpha value is -1.78. The molecule has 0 spiro atoms. The second-order valence-electron chi connectivity index (χ2n) is 6.48. The van der Waals surface area contributed by atoms with E-state index in [1.807, 2.05) is 26.8 Å². The van der Waals surface area contributed by atoms with E-state index < -0.39 is 11.7 Å². The third-order valence-corrected chi connectivity index (χ3v) is 3.04. The molecule has 1 amide bonds. The standard InChI is InChI=1S/C17H29N3O2/c1-6-8-13(9-7-2)19-14-10-11-15(18-12-14)20-16(21)22-17(3,4)5/h10-13,19H,6-9H2,1-5H3,(H,18,20,21). The van der Waals surface area contributed by atoms with Crippen molar-refractivity contribution in [1.29, 1.82) is 0 Å². The van der Waals surface area contributed by atoms with Crippen LogP contribution in [0, 0.1) is 0 Å². The van der Waals surface area contributed by atoms with Crippen LogP contribution in [-0.4, -0.2) is 22.7 Å². The number of amides is 1. The van der Waals surface area contributed by atoms with Crippen molar-refractivity contribution in [2.75, 3.05) is 10.6 Å². The van der Waals surface area contributed by atoms with Crippen LogP contribution in [-0.2, 0) is 4.74 Å².